The quantitative estimate of drug-likeness (QED) is 0.419. The van der Waals surface area contributed by atoms with Crippen LogP contribution in [0.5, 0.6) is 0 Å². The summed E-state index contributed by atoms with van der Waals surface area (Å²) >= 11 is 0. The molecule has 1 fully saturated rings. The van der Waals surface area contributed by atoms with E-state index in [-0.39, 0.29) is 12.1 Å². The maximum absolute atomic E-state index is 12.7. The first-order chi connectivity index (χ1) is 17.3. The molecule has 10 nitrogen and oxygen atoms in total. The highest BCUT2D eigenvalue weighted by Gasteiger charge is 2.31. The molecule has 10 heteroatoms. The Morgan fingerprint density at radius 3 is 2.75 bits per heavy atom. The Labute approximate surface area is 210 Å². The smallest absolute Gasteiger partial charge is 0.324 e. The predicted octanol–water partition coefficient (Wildman–Crippen LogP) is 3.82. The van der Waals surface area contributed by atoms with Crippen LogP contribution in [-0.2, 0) is 27.2 Å². The molecule has 0 amide bonds. The third kappa shape index (κ3) is 5.83. The number of nitrogens with one attached hydrogen (secondary N) is 3. The summed E-state index contributed by atoms with van der Waals surface area (Å²) in [4.78, 5) is 26.2. The highest BCUT2D eigenvalue weighted by Crippen LogP contribution is 2.28. The van der Waals surface area contributed by atoms with Gasteiger partial charge in [0.15, 0.2) is 12.2 Å². The lowest BCUT2D eigenvalue weighted by Crippen LogP contribution is -2.45. The van der Waals surface area contributed by atoms with E-state index in [0.29, 0.717) is 37.0 Å². The summed E-state index contributed by atoms with van der Waals surface area (Å²) in [6.07, 6.45) is 5.78. The lowest BCUT2D eigenvalue weighted by molar-refractivity contribution is -0.157. The summed E-state index contributed by atoms with van der Waals surface area (Å²) in [5, 5.41) is 10.0. The van der Waals surface area contributed by atoms with Gasteiger partial charge in [-0.05, 0) is 57.9 Å². The molecule has 4 heterocycles. The highest BCUT2D eigenvalue weighted by atomic mass is 16.6. The van der Waals surface area contributed by atoms with Gasteiger partial charge in [0.2, 0.25) is 5.95 Å². The number of carbonyl (C=O) groups is 1. The average molecular weight is 493 g/mol. The van der Waals surface area contributed by atoms with Crippen molar-refractivity contribution in [3.63, 3.8) is 0 Å². The fourth-order valence-corrected chi connectivity index (χ4v) is 4.35. The summed E-state index contributed by atoms with van der Waals surface area (Å²) in [7, 11) is 0. The molecule has 0 aliphatic carbocycles. The molecule has 2 aliphatic heterocycles. The van der Waals surface area contributed by atoms with Crippen molar-refractivity contribution in [3.05, 3.63) is 48.1 Å². The third-order valence-corrected chi connectivity index (χ3v) is 6.09. The van der Waals surface area contributed by atoms with Gasteiger partial charge in [0, 0.05) is 42.9 Å². The summed E-state index contributed by atoms with van der Waals surface area (Å²) in [6.45, 7) is 7.49. The number of anilines is 3. The standard InChI is InChI=1S/C26H32N6O4/c1-26(2,3)36-24(33)20-11-19-21(13-28-20)31-25(32-23(19)29-12-18-5-4-10-34-18)30-17-8-6-16(7-9-17)22-14-27-15-35-22/h6-9,14-15,18,20,28H,4-5,10-13H2,1-3H3,(H2,29,30,31,32)/t18?,20-/m1/s1. The van der Waals surface area contributed by atoms with Crippen molar-refractivity contribution in [2.24, 2.45) is 0 Å². The number of hydrogen-bond acceptors (Lipinski definition) is 10. The number of aromatic nitrogens is 3. The number of oxazole rings is 1. The molecule has 3 N–H and O–H groups in total. The van der Waals surface area contributed by atoms with Gasteiger partial charge in [-0.15, -0.1) is 0 Å². The molecule has 0 saturated carbocycles. The van der Waals surface area contributed by atoms with E-state index >= 15 is 0 Å². The van der Waals surface area contributed by atoms with Crippen molar-refractivity contribution in [1.82, 2.24) is 20.3 Å². The largest absolute Gasteiger partial charge is 0.459 e. The van der Waals surface area contributed by atoms with Gasteiger partial charge in [-0.3, -0.25) is 10.1 Å². The van der Waals surface area contributed by atoms with Crippen LogP contribution in [0.4, 0.5) is 17.5 Å². The van der Waals surface area contributed by atoms with Crippen molar-refractivity contribution in [1.29, 1.82) is 0 Å². The normalized spacial score (nSPS) is 19.5. The molecule has 1 aromatic carbocycles. The molecule has 190 valence electrons. The van der Waals surface area contributed by atoms with Crippen LogP contribution in [0, 0.1) is 0 Å². The van der Waals surface area contributed by atoms with Gasteiger partial charge in [0.1, 0.15) is 17.5 Å². The van der Waals surface area contributed by atoms with E-state index in [0.717, 1.165) is 42.0 Å². The Morgan fingerprint density at radius 2 is 2.06 bits per heavy atom. The first-order valence-electron chi connectivity index (χ1n) is 12.3. The molecular weight excluding hydrogens is 460 g/mol. The number of ether oxygens (including phenoxy) is 2. The van der Waals surface area contributed by atoms with Crippen LogP contribution in [0.1, 0.15) is 44.9 Å². The zero-order valence-corrected chi connectivity index (χ0v) is 20.8. The maximum Gasteiger partial charge on any atom is 0.324 e. The molecule has 2 atom stereocenters. The number of benzene rings is 1. The molecule has 0 radical (unpaired) electrons. The SMILES string of the molecule is CC(C)(C)OC(=O)[C@H]1Cc2c(nc(Nc3ccc(-c4cnco4)cc3)nc2NCC2CCCO2)CN1. The molecule has 1 unspecified atom stereocenters. The van der Waals surface area contributed by atoms with Crippen LogP contribution >= 0.6 is 0 Å². The van der Waals surface area contributed by atoms with Crippen molar-refractivity contribution >= 4 is 23.4 Å². The highest BCUT2D eigenvalue weighted by molar-refractivity contribution is 5.77. The second kappa shape index (κ2) is 10.2. The van der Waals surface area contributed by atoms with Crippen LogP contribution in [0.15, 0.2) is 41.3 Å². The van der Waals surface area contributed by atoms with Gasteiger partial charge in [0.05, 0.1) is 18.0 Å². The van der Waals surface area contributed by atoms with Crippen LogP contribution < -0.4 is 16.0 Å². The van der Waals surface area contributed by atoms with Gasteiger partial charge in [-0.25, -0.2) is 9.97 Å². The molecule has 0 spiro atoms. The second-order valence-electron chi connectivity index (χ2n) is 10.1. The Morgan fingerprint density at radius 1 is 1.22 bits per heavy atom. The van der Waals surface area contributed by atoms with Gasteiger partial charge in [0.25, 0.3) is 0 Å². The van der Waals surface area contributed by atoms with E-state index in [9.17, 15) is 4.79 Å². The summed E-state index contributed by atoms with van der Waals surface area (Å²) in [6, 6.07) is 7.33. The number of esters is 1. The fourth-order valence-electron chi connectivity index (χ4n) is 4.35. The Hall–Kier alpha value is -3.50. The van der Waals surface area contributed by atoms with Crippen molar-refractivity contribution in [2.45, 2.75) is 64.3 Å². The van der Waals surface area contributed by atoms with Crippen LogP contribution in [-0.4, -0.2) is 51.8 Å². The lowest BCUT2D eigenvalue weighted by atomic mass is 9.99. The number of rotatable bonds is 7. The number of hydrogen-bond donors (Lipinski definition) is 3. The van der Waals surface area contributed by atoms with Crippen molar-refractivity contribution in [2.75, 3.05) is 23.8 Å². The molecule has 2 aliphatic rings. The summed E-state index contributed by atoms with van der Waals surface area (Å²) in [5.41, 5.74) is 3.00. The first-order valence-corrected chi connectivity index (χ1v) is 12.3. The number of carbonyl (C=O) groups excluding carboxylic acids is 1. The van der Waals surface area contributed by atoms with E-state index in [2.05, 4.69) is 20.9 Å². The maximum atomic E-state index is 12.7. The van der Waals surface area contributed by atoms with E-state index in [4.69, 9.17) is 23.9 Å². The lowest BCUT2D eigenvalue weighted by Gasteiger charge is -2.29. The first kappa shape index (κ1) is 24.2. The number of fused-ring (bicyclic) bond motifs is 1. The van der Waals surface area contributed by atoms with Crippen LogP contribution in [0.3, 0.4) is 0 Å². The molecule has 3 aromatic rings. The van der Waals surface area contributed by atoms with Gasteiger partial charge in [-0.1, -0.05) is 0 Å². The molecule has 2 aromatic heterocycles. The van der Waals surface area contributed by atoms with Crippen LogP contribution in [0.2, 0.25) is 0 Å². The topological polar surface area (TPSA) is 123 Å². The van der Waals surface area contributed by atoms with E-state index in [1.807, 2.05) is 45.0 Å². The molecular formula is C26H32N6O4. The van der Waals surface area contributed by atoms with Gasteiger partial charge < -0.3 is 24.5 Å². The van der Waals surface area contributed by atoms with Crippen molar-refractivity contribution in [3.8, 4) is 11.3 Å². The van der Waals surface area contributed by atoms with Crippen molar-refractivity contribution < 1.29 is 18.7 Å². The predicted molar refractivity (Wildman–Crippen MR) is 135 cm³/mol. The summed E-state index contributed by atoms with van der Waals surface area (Å²) in [5.74, 6) is 1.63. The molecule has 1 saturated heterocycles. The van der Waals surface area contributed by atoms with Gasteiger partial charge in [-0.2, -0.15) is 4.98 Å². The monoisotopic (exact) mass is 492 g/mol. The minimum absolute atomic E-state index is 0.152. The minimum atomic E-state index is -0.548. The fraction of sp³-hybridized carbons (Fsp3) is 0.462. The van der Waals surface area contributed by atoms with Crippen LogP contribution in [0.25, 0.3) is 11.3 Å². The molecule has 36 heavy (non-hydrogen) atoms. The minimum Gasteiger partial charge on any atom is -0.459 e. The van der Waals surface area contributed by atoms with E-state index < -0.39 is 11.6 Å². The summed E-state index contributed by atoms with van der Waals surface area (Å²) < 4.78 is 16.7. The molecule has 0 bridgehead atoms. The zero-order valence-electron chi connectivity index (χ0n) is 20.8. The zero-order chi connectivity index (χ0) is 25.1. The Balaban J connectivity index is 1.36. The van der Waals surface area contributed by atoms with E-state index in [1.165, 1.54) is 6.39 Å². The van der Waals surface area contributed by atoms with Gasteiger partial charge >= 0.3 is 5.97 Å². The number of nitrogens with zero attached hydrogens (tertiary/aromatic N) is 3. The molecule has 5 rings (SSSR count). The third-order valence-electron chi connectivity index (χ3n) is 6.09. The Bertz CT molecular complexity index is 1180. The van der Waals surface area contributed by atoms with E-state index in [1.54, 1.807) is 6.20 Å². The Kier molecular flexibility index (Phi) is 6.88. The second-order valence-corrected chi connectivity index (χ2v) is 10.1. The average Bonchev–Trinajstić information content (AvgIpc) is 3.56.